The first-order valence-corrected chi connectivity index (χ1v) is 7.74. The van der Waals surface area contributed by atoms with E-state index < -0.39 is 0 Å². The zero-order chi connectivity index (χ0) is 15.8. The molecule has 1 saturated heterocycles. The molecule has 2 aliphatic rings. The smallest absolute Gasteiger partial charge is 0.231 e. The molecular weight excluding hydrogens is 294 g/mol. The van der Waals surface area contributed by atoms with Gasteiger partial charge in [0, 0.05) is 43.2 Å². The minimum Gasteiger partial charge on any atom is -0.507 e. The van der Waals surface area contributed by atoms with Gasteiger partial charge in [0.15, 0.2) is 11.5 Å². The van der Waals surface area contributed by atoms with Gasteiger partial charge in [-0.25, -0.2) is 0 Å². The Kier molecular flexibility index (Phi) is 3.55. The van der Waals surface area contributed by atoms with Crippen LogP contribution in [0, 0.1) is 0 Å². The summed E-state index contributed by atoms with van der Waals surface area (Å²) in [4.78, 5) is 6.38. The van der Waals surface area contributed by atoms with E-state index in [0.717, 1.165) is 30.6 Å². The second kappa shape index (κ2) is 5.72. The summed E-state index contributed by atoms with van der Waals surface area (Å²) in [5.74, 6) is 1.45. The highest BCUT2D eigenvalue weighted by Crippen LogP contribution is 2.43. The predicted molar refractivity (Wildman–Crippen MR) is 84.5 cm³/mol. The van der Waals surface area contributed by atoms with Crippen molar-refractivity contribution in [2.45, 2.75) is 18.5 Å². The lowest BCUT2D eigenvalue weighted by Gasteiger charge is -2.29. The molecule has 2 aromatic rings. The monoisotopic (exact) mass is 313 g/mol. The van der Waals surface area contributed by atoms with Crippen LogP contribution in [0.2, 0.25) is 0 Å². The molecule has 1 unspecified atom stereocenters. The topological polar surface area (TPSA) is 80.8 Å². The van der Waals surface area contributed by atoms with Crippen molar-refractivity contribution in [1.29, 1.82) is 0 Å². The molecule has 6 nitrogen and oxygen atoms in total. The zero-order valence-corrected chi connectivity index (χ0v) is 12.7. The molecule has 4 rings (SSSR count). The summed E-state index contributed by atoms with van der Waals surface area (Å²) in [6.45, 7) is 1.87. The molecule has 0 amide bonds. The summed E-state index contributed by atoms with van der Waals surface area (Å²) in [5.41, 5.74) is 7.96. The van der Waals surface area contributed by atoms with Crippen molar-refractivity contribution in [2.75, 3.05) is 19.9 Å². The molecule has 0 saturated carbocycles. The van der Waals surface area contributed by atoms with Gasteiger partial charge < -0.3 is 20.3 Å². The molecule has 3 N–H and O–H groups in total. The summed E-state index contributed by atoms with van der Waals surface area (Å²) in [5, 5.41) is 10.5. The van der Waals surface area contributed by atoms with Crippen LogP contribution in [0.15, 0.2) is 36.7 Å². The summed E-state index contributed by atoms with van der Waals surface area (Å²) in [7, 11) is 0. The second-order valence-corrected chi connectivity index (χ2v) is 5.99. The Hall–Kier alpha value is -2.31. The lowest BCUT2D eigenvalue weighted by Crippen LogP contribution is -2.31. The van der Waals surface area contributed by atoms with E-state index in [1.165, 1.54) is 0 Å². The number of ether oxygens (including phenoxy) is 2. The maximum absolute atomic E-state index is 10.5. The average molecular weight is 313 g/mol. The highest BCUT2D eigenvalue weighted by molar-refractivity contribution is 5.54. The van der Waals surface area contributed by atoms with E-state index in [9.17, 15) is 5.11 Å². The zero-order valence-electron chi connectivity index (χ0n) is 12.7. The number of phenolic OH excluding ortho intramolecular Hbond substituents is 1. The Bertz CT molecular complexity index is 708. The molecule has 6 heteroatoms. The van der Waals surface area contributed by atoms with Crippen LogP contribution >= 0.6 is 0 Å². The van der Waals surface area contributed by atoms with Crippen LogP contribution in [0.1, 0.15) is 23.6 Å². The van der Waals surface area contributed by atoms with Crippen LogP contribution < -0.4 is 15.2 Å². The fourth-order valence-corrected chi connectivity index (χ4v) is 3.35. The number of fused-ring (bicyclic) bond motifs is 1. The van der Waals surface area contributed by atoms with Gasteiger partial charge in [-0.2, -0.15) is 0 Å². The number of pyridine rings is 1. The summed E-state index contributed by atoms with van der Waals surface area (Å²) < 4.78 is 10.8. The molecular formula is C17H19N3O3. The van der Waals surface area contributed by atoms with Gasteiger partial charge in [0.2, 0.25) is 6.79 Å². The Labute approximate surface area is 134 Å². The van der Waals surface area contributed by atoms with E-state index in [-0.39, 0.29) is 24.6 Å². The van der Waals surface area contributed by atoms with E-state index >= 15 is 0 Å². The molecule has 0 spiro atoms. The first-order valence-electron chi connectivity index (χ1n) is 7.74. The van der Waals surface area contributed by atoms with Crippen LogP contribution in [-0.2, 0) is 0 Å². The molecule has 1 aromatic carbocycles. The first kappa shape index (κ1) is 14.3. The number of hydrogen-bond acceptors (Lipinski definition) is 6. The van der Waals surface area contributed by atoms with Gasteiger partial charge in [0.25, 0.3) is 0 Å². The number of aromatic hydroxyl groups is 1. The third kappa shape index (κ3) is 2.60. The van der Waals surface area contributed by atoms with E-state index in [1.54, 1.807) is 18.5 Å². The van der Waals surface area contributed by atoms with Gasteiger partial charge in [-0.3, -0.25) is 9.88 Å². The number of phenols is 1. The highest BCUT2D eigenvalue weighted by atomic mass is 16.7. The Morgan fingerprint density at radius 3 is 2.65 bits per heavy atom. The third-order valence-corrected chi connectivity index (χ3v) is 4.46. The molecule has 2 atom stereocenters. The minimum absolute atomic E-state index is 0.0824. The van der Waals surface area contributed by atoms with E-state index in [2.05, 4.69) is 9.88 Å². The number of nitrogens with two attached hydrogens (primary N) is 1. The number of rotatable bonds is 3. The van der Waals surface area contributed by atoms with Gasteiger partial charge in [0.1, 0.15) is 5.75 Å². The largest absolute Gasteiger partial charge is 0.507 e. The van der Waals surface area contributed by atoms with Crippen molar-refractivity contribution in [1.82, 2.24) is 9.88 Å². The first-order chi connectivity index (χ1) is 11.2. The van der Waals surface area contributed by atoms with Crippen molar-refractivity contribution in [3.63, 3.8) is 0 Å². The van der Waals surface area contributed by atoms with E-state index in [4.69, 9.17) is 15.2 Å². The molecule has 23 heavy (non-hydrogen) atoms. The summed E-state index contributed by atoms with van der Waals surface area (Å²) in [6.07, 6.45) is 4.48. The van der Waals surface area contributed by atoms with Crippen LogP contribution in [0.5, 0.6) is 17.2 Å². The maximum Gasteiger partial charge on any atom is 0.231 e. The second-order valence-electron chi connectivity index (χ2n) is 5.99. The molecule has 3 heterocycles. The minimum atomic E-state index is -0.0824. The van der Waals surface area contributed by atoms with E-state index in [1.807, 2.05) is 18.2 Å². The predicted octanol–water partition coefficient (Wildman–Crippen LogP) is 1.64. The lowest BCUT2D eigenvalue weighted by molar-refractivity contribution is 0.173. The number of benzene rings is 1. The summed E-state index contributed by atoms with van der Waals surface area (Å²) >= 11 is 0. The Morgan fingerprint density at radius 1 is 1.22 bits per heavy atom. The van der Waals surface area contributed by atoms with Gasteiger partial charge in [-0.05, 0) is 30.2 Å². The van der Waals surface area contributed by atoms with Gasteiger partial charge in [-0.1, -0.05) is 0 Å². The number of aromatic nitrogens is 1. The van der Waals surface area contributed by atoms with E-state index in [0.29, 0.717) is 11.5 Å². The molecule has 2 aliphatic heterocycles. The standard InChI is InChI=1S/C17H19N3O3/c18-12-3-6-20(9-12)17(11-1-4-19-5-2-11)13-7-15-16(8-14(13)21)23-10-22-15/h1-2,4-5,7-8,12,17,21H,3,6,9-10,18H2/t12-,17?/m1/s1. The quantitative estimate of drug-likeness (QED) is 0.896. The van der Waals surface area contributed by atoms with Crippen LogP contribution in [0.4, 0.5) is 0 Å². The summed E-state index contributed by atoms with van der Waals surface area (Å²) in [6, 6.07) is 7.52. The molecule has 0 radical (unpaired) electrons. The molecule has 1 aromatic heterocycles. The van der Waals surface area contributed by atoms with Gasteiger partial charge in [0.05, 0.1) is 6.04 Å². The third-order valence-electron chi connectivity index (χ3n) is 4.46. The molecule has 0 aliphatic carbocycles. The number of nitrogens with zero attached hydrogens (tertiary/aromatic N) is 2. The van der Waals surface area contributed by atoms with Crippen molar-refractivity contribution in [3.05, 3.63) is 47.8 Å². The van der Waals surface area contributed by atoms with Gasteiger partial charge >= 0.3 is 0 Å². The molecule has 1 fully saturated rings. The SMILES string of the molecule is N[C@@H]1CCN(C(c2ccncc2)c2cc3c(cc2O)OCO3)C1. The van der Waals surface area contributed by atoms with Crippen molar-refractivity contribution in [3.8, 4) is 17.2 Å². The van der Waals surface area contributed by atoms with Crippen LogP contribution in [0.25, 0.3) is 0 Å². The van der Waals surface area contributed by atoms with Crippen molar-refractivity contribution in [2.24, 2.45) is 5.73 Å². The molecule has 120 valence electrons. The molecule has 0 bridgehead atoms. The Balaban J connectivity index is 1.79. The normalized spacial score (nSPS) is 21.5. The fourth-order valence-electron chi connectivity index (χ4n) is 3.35. The van der Waals surface area contributed by atoms with Crippen LogP contribution in [-0.4, -0.2) is 40.9 Å². The van der Waals surface area contributed by atoms with Gasteiger partial charge in [-0.15, -0.1) is 0 Å². The van der Waals surface area contributed by atoms with Crippen molar-refractivity contribution >= 4 is 0 Å². The van der Waals surface area contributed by atoms with Crippen molar-refractivity contribution < 1.29 is 14.6 Å². The highest BCUT2D eigenvalue weighted by Gasteiger charge is 2.31. The number of likely N-dealkylation sites (tertiary alicyclic amines) is 1. The maximum atomic E-state index is 10.5. The average Bonchev–Trinajstić information content (AvgIpc) is 3.18. The Morgan fingerprint density at radius 2 is 1.96 bits per heavy atom. The fraction of sp³-hybridized carbons (Fsp3) is 0.353. The lowest BCUT2D eigenvalue weighted by atomic mass is 9.96. The van der Waals surface area contributed by atoms with Crippen LogP contribution in [0.3, 0.4) is 0 Å². The number of hydrogen-bond donors (Lipinski definition) is 2.